The fourth-order valence-corrected chi connectivity index (χ4v) is 4.26. The second-order valence-electron chi connectivity index (χ2n) is 8.38. The average molecular weight is 429 g/mol. The van der Waals surface area contributed by atoms with E-state index in [1.807, 2.05) is 38.1 Å². The summed E-state index contributed by atoms with van der Waals surface area (Å²) in [5.41, 5.74) is 3.39. The number of methoxy groups -OCH3 is 2. The Morgan fingerprint density at radius 1 is 1.16 bits per heavy atom. The van der Waals surface area contributed by atoms with Crippen molar-refractivity contribution < 1.29 is 18.7 Å². The molecule has 1 aliphatic heterocycles. The van der Waals surface area contributed by atoms with Crippen molar-refractivity contribution in [2.75, 3.05) is 20.8 Å². The van der Waals surface area contributed by atoms with Gasteiger partial charge in [0.1, 0.15) is 5.82 Å². The number of hydrogen-bond donors (Lipinski definition) is 1. The van der Waals surface area contributed by atoms with Crippen LogP contribution in [0.15, 0.2) is 36.4 Å². The first-order valence-electron chi connectivity index (χ1n) is 10.9. The van der Waals surface area contributed by atoms with Crippen LogP contribution < -0.4 is 14.8 Å². The molecule has 2 atom stereocenters. The minimum absolute atomic E-state index is 0.0266. The molecule has 3 rings (SSSR count). The maximum Gasteiger partial charge on any atom is 0.222 e. The van der Waals surface area contributed by atoms with Crippen molar-refractivity contribution in [2.45, 2.75) is 52.2 Å². The minimum Gasteiger partial charge on any atom is -0.493 e. The zero-order valence-electron chi connectivity index (χ0n) is 19.1. The SMILES string of the molecule is CC[C@@H](NC(=O)C(C)C)[C@@H]1c2cc(OC)c(OC)cc2CCN1Cc1ccc(F)cc1. The first-order chi connectivity index (χ1) is 14.9. The summed E-state index contributed by atoms with van der Waals surface area (Å²) in [5, 5.41) is 3.26. The summed E-state index contributed by atoms with van der Waals surface area (Å²) >= 11 is 0. The molecular weight excluding hydrogens is 395 g/mol. The first kappa shape index (κ1) is 23.1. The molecule has 0 spiro atoms. The Kier molecular flexibility index (Phi) is 7.55. The van der Waals surface area contributed by atoms with Gasteiger partial charge in [0.15, 0.2) is 11.5 Å². The summed E-state index contributed by atoms with van der Waals surface area (Å²) in [6.07, 6.45) is 1.65. The van der Waals surface area contributed by atoms with Crippen molar-refractivity contribution >= 4 is 5.91 Å². The molecule has 1 N–H and O–H groups in total. The molecule has 0 aliphatic carbocycles. The number of fused-ring (bicyclic) bond motifs is 1. The summed E-state index contributed by atoms with van der Waals surface area (Å²) in [5.74, 6) is 1.11. The van der Waals surface area contributed by atoms with Crippen LogP contribution in [0.1, 0.15) is 49.9 Å². The van der Waals surface area contributed by atoms with Gasteiger partial charge in [-0.1, -0.05) is 32.9 Å². The maximum atomic E-state index is 13.4. The second-order valence-corrected chi connectivity index (χ2v) is 8.38. The van der Waals surface area contributed by atoms with E-state index in [-0.39, 0.29) is 29.7 Å². The van der Waals surface area contributed by atoms with E-state index in [9.17, 15) is 9.18 Å². The van der Waals surface area contributed by atoms with Gasteiger partial charge in [-0.05, 0) is 53.8 Å². The molecule has 0 radical (unpaired) electrons. The molecule has 0 saturated heterocycles. The predicted octanol–water partition coefficient (Wildman–Crippen LogP) is 4.49. The molecule has 5 nitrogen and oxygen atoms in total. The number of carbonyl (C=O) groups is 1. The third-order valence-electron chi connectivity index (χ3n) is 6.00. The van der Waals surface area contributed by atoms with Crippen LogP contribution in [0.3, 0.4) is 0 Å². The molecule has 168 valence electrons. The second kappa shape index (κ2) is 10.1. The van der Waals surface area contributed by atoms with Gasteiger partial charge in [0.2, 0.25) is 5.91 Å². The Balaban J connectivity index is 2.02. The van der Waals surface area contributed by atoms with E-state index in [1.165, 1.54) is 17.7 Å². The third-order valence-corrected chi connectivity index (χ3v) is 6.00. The highest BCUT2D eigenvalue weighted by Crippen LogP contribution is 2.40. The van der Waals surface area contributed by atoms with Crippen molar-refractivity contribution in [1.82, 2.24) is 10.2 Å². The highest BCUT2D eigenvalue weighted by Gasteiger charge is 2.35. The van der Waals surface area contributed by atoms with Crippen LogP contribution in [0.25, 0.3) is 0 Å². The van der Waals surface area contributed by atoms with E-state index >= 15 is 0 Å². The number of carbonyl (C=O) groups excluding carboxylic acids is 1. The van der Waals surface area contributed by atoms with Crippen LogP contribution in [0.4, 0.5) is 4.39 Å². The van der Waals surface area contributed by atoms with Gasteiger partial charge in [-0.2, -0.15) is 0 Å². The average Bonchev–Trinajstić information content (AvgIpc) is 2.77. The van der Waals surface area contributed by atoms with Crippen LogP contribution >= 0.6 is 0 Å². The molecule has 1 aliphatic rings. The molecule has 6 heteroatoms. The Morgan fingerprint density at radius 3 is 2.39 bits per heavy atom. The van der Waals surface area contributed by atoms with E-state index in [0.717, 1.165) is 30.5 Å². The number of ether oxygens (including phenoxy) is 2. The molecule has 2 aromatic rings. The summed E-state index contributed by atoms with van der Waals surface area (Å²) in [7, 11) is 3.28. The Hall–Kier alpha value is -2.60. The van der Waals surface area contributed by atoms with Crippen molar-refractivity contribution in [2.24, 2.45) is 5.92 Å². The Morgan fingerprint density at radius 2 is 1.81 bits per heavy atom. The number of amides is 1. The number of nitrogens with one attached hydrogen (secondary N) is 1. The lowest BCUT2D eigenvalue weighted by Gasteiger charge is -2.42. The topological polar surface area (TPSA) is 50.8 Å². The quantitative estimate of drug-likeness (QED) is 0.673. The highest BCUT2D eigenvalue weighted by molar-refractivity contribution is 5.78. The van der Waals surface area contributed by atoms with Gasteiger partial charge in [-0.25, -0.2) is 4.39 Å². The molecule has 1 heterocycles. The number of nitrogens with zero attached hydrogens (tertiary/aromatic N) is 1. The van der Waals surface area contributed by atoms with Gasteiger partial charge < -0.3 is 14.8 Å². The largest absolute Gasteiger partial charge is 0.493 e. The highest BCUT2D eigenvalue weighted by atomic mass is 19.1. The molecule has 1 amide bonds. The number of hydrogen-bond acceptors (Lipinski definition) is 4. The lowest BCUT2D eigenvalue weighted by atomic mass is 9.86. The van der Waals surface area contributed by atoms with E-state index in [1.54, 1.807) is 14.2 Å². The van der Waals surface area contributed by atoms with E-state index in [0.29, 0.717) is 18.0 Å². The zero-order chi connectivity index (χ0) is 22.5. The zero-order valence-corrected chi connectivity index (χ0v) is 19.1. The van der Waals surface area contributed by atoms with Crippen LogP contribution in [0.2, 0.25) is 0 Å². The first-order valence-corrected chi connectivity index (χ1v) is 10.9. The lowest BCUT2D eigenvalue weighted by molar-refractivity contribution is -0.125. The van der Waals surface area contributed by atoms with Gasteiger partial charge in [0.25, 0.3) is 0 Å². The molecule has 0 bridgehead atoms. The number of rotatable bonds is 8. The monoisotopic (exact) mass is 428 g/mol. The van der Waals surface area contributed by atoms with E-state index < -0.39 is 0 Å². The fraction of sp³-hybridized carbons (Fsp3) is 0.480. The van der Waals surface area contributed by atoms with Crippen LogP contribution in [-0.2, 0) is 17.8 Å². The van der Waals surface area contributed by atoms with Gasteiger partial charge in [0, 0.05) is 25.0 Å². The fourth-order valence-electron chi connectivity index (χ4n) is 4.26. The predicted molar refractivity (Wildman–Crippen MR) is 120 cm³/mol. The summed E-state index contributed by atoms with van der Waals surface area (Å²) < 4.78 is 24.5. The van der Waals surface area contributed by atoms with Gasteiger partial charge >= 0.3 is 0 Å². The van der Waals surface area contributed by atoms with Crippen LogP contribution in [-0.4, -0.2) is 37.6 Å². The maximum absolute atomic E-state index is 13.4. The van der Waals surface area contributed by atoms with Gasteiger partial charge in [-0.3, -0.25) is 9.69 Å². The van der Waals surface area contributed by atoms with Crippen LogP contribution in [0.5, 0.6) is 11.5 Å². The van der Waals surface area contributed by atoms with E-state index in [4.69, 9.17) is 9.47 Å². The number of benzene rings is 2. The van der Waals surface area contributed by atoms with Crippen molar-refractivity contribution in [3.05, 3.63) is 58.9 Å². The van der Waals surface area contributed by atoms with Crippen LogP contribution in [0, 0.1) is 11.7 Å². The normalized spacial score (nSPS) is 17.2. The Labute approximate surface area is 184 Å². The Bertz CT molecular complexity index is 898. The van der Waals surface area contributed by atoms with Crippen molar-refractivity contribution in [3.8, 4) is 11.5 Å². The van der Waals surface area contributed by atoms with Gasteiger partial charge in [0.05, 0.1) is 20.3 Å². The summed E-state index contributed by atoms with van der Waals surface area (Å²) in [4.78, 5) is 14.9. The smallest absolute Gasteiger partial charge is 0.222 e. The van der Waals surface area contributed by atoms with Crippen molar-refractivity contribution in [1.29, 1.82) is 0 Å². The molecule has 2 aromatic carbocycles. The minimum atomic E-state index is -0.239. The molecule has 31 heavy (non-hydrogen) atoms. The standard InChI is InChI=1S/C25H33FN2O3/c1-6-21(27-25(29)16(2)3)24-20-14-23(31-5)22(30-4)13-18(20)11-12-28(24)15-17-7-9-19(26)10-8-17/h7-10,13-14,16,21,24H,6,11-12,15H2,1-5H3,(H,27,29)/t21-,24+/m1/s1. The molecule has 0 unspecified atom stereocenters. The summed E-state index contributed by atoms with van der Waals surface area (Å²) in [6.45, 7) is 7.41. The van der Waals surface area contributed by atoms with E-state index in [2.05, 4.69) is 17.1 Å². The molecule has 0 fully saturated rings. The third kappa shape index (κ3) is 5.18. The molecular formula is C25H33FN2O3. The number of halogens is 1. The van der Waals surface area contributed by atoms with Gasteiger partial charge in [-0.15, -0.1) is 0 Å². The molecule has 0 saturated carbocycles. The lowest BCUT2D eigenvalue weighted by Crippen LogP contribution is -2.49. The summed E-state index contributed by atoms with van der Waals surface area (Å²) in [6, 6.07) is 10.6. The molecule has 0 aromatic heterocycles. The van der Waals surface area contributed by atoms with Crippen molar-refractivity contribution in [3.63, 3.8) is 0 Å².